The van der Waals surface area contributed by atoms with E-state index in [-0.39, 0.29) is 17.1 Å². The number of carbonyl (C=O) groups excluding carboxylic acids is 2. The van der Waals surface area contributed by atoms with Crippen LogP contribution in [0.5, 0.6) is 0 Å². The summed E-state index contributed by atoms with van der Waals surface area (Å²) in [5.74, 6) is -4.00. The predicted octanol–water partition coefficient (Wildman–Crippen LogP) is 2.18. The SMILES string of the molecule is Cc1ccc(S(=O)(=O)N2CCC[C@H]2CNC(=O)C(=O)Nc2ccc(F)cc2F)cc1. The first-order valence-corrected chi connectivity index (χ1v) is 10.8. The third-order valence-corrected chi connectivity index (χ3v) is 6.80. The molecule has 2 amide bonds. The number of benzene rings is 2. The van der Waals surface area contributed by atoms with E-state index in [0.29, 0.717) is 25.5 Å². The zero-order valence-corrected chi connectivity index (χ0v) is 17.0. The molecular formula is C20H21F2N3O4S. The topological polar surface area (TPSA) is 95.6 Å². The fraction of sp³-hybridized carbons (Fsp3) is 0.300. The molecule has 1 heterocycles. The number of nitrogens with zero attached hydrogens (tertiary/aromatic N) is 1. The van der Waals surface area contributed by atoms with Gasteiger partial charge >= 0.3 is 11.8 Å². The van der Waals surface area contributed by atoms with Gasteiger partial charge in [-0.15, -0.1) is 0 Å². The molecule has 1 atom stereocenters. The van der Waals surface area contributed by atoms with Gasteiger partial charge in [-0.3, -0.25) is 9.59 Å². The van der Waals surface area contributed by atoms with Gasteiger partial charge in [0.1, 0.15) is 11.6 Å². The van der Waals surface area contributed by atoms with Crippen LogP contribution in [0.3, 0.4) is 0 Å². The lowest BCUT2D eigenvalue weighted by Gasteiger charge is -2.24. The van der Waals surface area contributed by atoms with Gasteiger partial charge in [-0.05, 0) is 44.0 Å². The van der Waals surface area contributed by atoms with E-state index in [1.165, 1.54) is 16.4 Å². The molecule has 1 fully saturated rings. The molecule has 3 rings (SSSR count). The van der Waals surface area contributed by atoms with Crippen LogP contribution < -0.4 is 10.6 Å². The number of hydrogen-bond donors (Lipinski definition) is 2. The Labute approximate surface area is 173 Å². The Hall–Kier alpha value is -2.85. The minimum atomic E-state index is -3.73. The number of hydrogen-bond acceptors (Lipinski definition) is 4. The van der Waals surface area contributed by atoms with E-state index in [4.69, 9.17) is 0 Å². The van der Waals surface area contributed by atoms with Gasteiger partial charge in [-0.25, -0.2) is 17.2 Å². The highest BCUT2D eigenvalue weighted by atomic mass is 32.2. The molecule has 1 aliphatic heterocycles. The Morgan fingerprint density at radius 3 is 2.47 bits per heavy atom. The number of halogens is 2. The monoisotopic (exact) mass is 437 g/mol. The van der Waals surface area contributed by atoms with Gasteiger partial charge in [0.2, 0.25) is 10.0 Å². The third kappa shape index (κ3) is 4.82. The Morgan fingerprint density at radius 1 is 1.10 bits per heavy atom. The molecule has 0 bridgehead atoms. The molecule has 160 valence electrons. The van der Waals surface area contributed by atoms with E-state index in [1.54, 1.807) is 12.1 Å². The van der Waals surface area contributed by atoms with Crippen molar-refractivity contribution < 1.29 is 26.8 Å². The van der Waals surface area contributed by atoms with Gasteiger partial charge in [0.05, 0.1) is 10.6 Å². The molecule has 0 aliphatic carbocycles. The highest BCUT2D eigenvalue weighted by Gasteiger charge is 2.35. The number of anilines is 1. The molecule has 0 aromatic heterocycles. The average Bonchev–Trinajstić information content (AvgIpc) is 3.18. The number of sulfonamides is 1. The number of amides is 2. The Morgan fingerprint density at radius 2 is 1.80 bits per heavy atom. The van der Waals surface area contributed by atoms with Gasteiger partial charge in [-0.1, -0.05) is 17.7 Å². The summed E-state index contributed by atoms with van der Waals surface area (Å²) in [7, 11) is -3.73. The van der Waals surface area contributed by atoms with Gasteiger partial charge in [0.25, 0.3) is 0 Å². The zero-order valence-electron chi connectivity index (χ0n) is 16.2. The van der Waals surface area contributed by atoms with Crippen molar-refractivity contribution in [2.24, 2.45) is 0 Å². The zero-order chi connectivity index (χ0) is 21.9. The smallest absolute Gasteiger partial charge is 0.313 e. The van der Waals surface area contributed by atoms with Gasteiger partial charge in [0, 0.05) is 25.2 Å². The second-order valence-electron chi connectivity index (χ2n) is 7.01. The Balaban J connectivity index is 1.62. The highest BCUT2D eigenvalue weighted by Crippen LogP contribution is 2.26. The van der Waals surface area contributed by atoms with Crippen molar-refractivity contribution in [3.05, 3.63) is 59.7 Å². The molecule has 30 heavy (non-hydrogen) atoms. The van der Waals surface area contributed by atoms with Crippen LogP contribution in [0.15, 0.2) is 47.4 Å². The lowest BCUT2D eigenvalue weighted by atomic mass is 10.2. The first kappa shape index (κ1) is 21.8. The second-order valence-corrected chi connectivity index (χ2v) is 8.90. The molecule has 2 aromatic carbocycles. The number of rotatable bonds is 5. The standard InChI is InChI=1S/C20H21F2N3O4S/c1-13-4-7-16(8-5-13)30(28,29)25-10-2-3-15(25)12-23-19(26)20(27)24-18-9-6-14(21)11-17(18)22/h4-9,11,15H,2-3,10,12H2,1H3,(H,23,26)(H,24,27)/t15-/m0/s1. The van der Waals surface area contributed by atoms with Crippen LogP contribution in [0.25, 0.3) is 0 Å². The van der Waals surface area contributed by atoms with Crippen LogP contribution >= 0.6 is 0 Å². The summed E-state index contributed by atoms with van der Waals surface area (Å²) >= 11 is 0. The van der Waals surface area contributed by atoms with E-state index in [0.717, 1.165) is 17.7 Å². The summed E-state index contributed by atoms with van der Waals surface area (Å²) in [6.07, 6.45) is 1.15. The normalized spacial score (nSPS) is 17.0. The Bertz CT molecular complexity index is 1060. The largest absolute Gasteiger partial charge is 0.346 e. The van der Waals surface area contributed by atoms with Crippen molar-refractivity contribution in [3.63, 3.8) is 0 Å². The fourth-order valence-electron chi connectivity index (χ4n) is 3.24. The van der Waals surface area contributed by atoms with Crippen molar-refractivity contribution in [2.75, 3.05) is 18.4 Å². The van der Waals surface area contributed by atoms with E-state index < -0.39 is 39.5 Å². The third-order valence-electron chi connectivity index (χ3n) is 4.83. The van der Waals surface area contributed by atoms with Gasteiger partial charge in [0.15, 0.2) is 0 Å². The summed E-state index contributed by atoms with van der Waals surface area (Å²) in [5.41, 5.74) is 0.601. The molecule has 2 N–H and O–H groups in total. The van der Waals surface area contributed by atoms with Crippen molar-refractivity contribution in [1.29, 1.82) is 0 Å². The first-order chi connectivity index (χ1) is 14.2. The maximum Gasteiger partial charge on any atom is 0.313 e. The summed E-state index contributed by atoms with van der Waals surface area (Å²) < 4.78 is 53.7. The summed E-state index contributed by atoms with van der Waals surface area (Å²) in [4.78, 5) is 24.2. The molecule has 7 nitrogen and oxygen atoms in total. The minimum absolute atomic E-state index is 0.0662. The van der Waals surface area contributed by atoms with Crippen LogP contribution in [0.1, 0.15) is 18.4 Å². The van der Waals surface area contributed by atoms with Gasteiger partial charge in [-0.2, -0.15) is 4.31 Å². The van der Waals surface area contributed by atoms with E-state index >= 15 is 0 Å². The maximum atomic E-state index is 13.6. The lowest BCUT2D eigenvalue weighted by Crippen LogP contribution is -2.45. The van der Waals surface area contributed by atoms with Crippen molar-refractivity contribution in [1.82, 2.24) is 9.62 Å². The molecule has 0 radical (unpaired) electrons. The number of aryl methyl sites for hydroxylation is 1. The van der Waals surface area contributed by atoms with Gasteiger partial charge < -0.3 is 10.6 Å². The van der Waals surface area contributed by atoms with Crippen molar-refractivity contribution in [3.8, 4) is 0 Å². The number of nitrogens with one attached hydrogen (secondary N) is 2. The van der Waals surface area contributed by atoms with Crippen LogP contribution in [0.4, 0.5) is 14.5 Å². The molecule has 1 aliphatic rings. The Kier molecular flexibility index (Phi) is 6.47. The summed E-state index contributed by atoms with van der Waals surface area (Å²) in [6, 6.07) is 8.51. The molecular weight excluding hydrogens is 416 g/mol. The molecule has 10 heteroatoms. The minimum Gasteiger partial charge on any atom is -0.346 e. The van der Waals surface area contributed by atoms with Crippen LogP contribution in [-0.4, -0.2) is 43.7 Å². The summed E-state index contributed by atoms with van der Waals surface area (Å²) in [6.45, 7) is 2.10. The molecule has 0 unspecified atom stereocenters. The van der Waals surface area contributed by atoms with E-state index in [1.807, 2.05) is 6.92 Å². The molecule has 1 saturated heterocycles. The summed E-state index contributed by atoms with van der Waals surface area (Å²) in [5, 5.41) is 4.45. The van der Waals surface area contributed by atoms with Crippen LogP contribution in [-0.2, 0) is 19.6 Å². The van der Waals surface area contributed by atoms with Crippen LogP contribution in [0, 0.1) is 18.6 Å². The average molecular weight is 437 g/mol. The maximum absolute atomic E-state index is 13.6. The molecule has 2 aromatic rings. The van der Waals surface area contributed by atoms with Crippen molar-refractivity contribution in [2.45, 2.75) is 30.7 Å². The van der Waals surface area contributed by atoms with Crippen molar-refractivity contribution >= 4 is 27.5 Å². The van der Waals surface area contributed by atoms with E-state index in [9.17, 15) is 26.8 Å². The molecule has 0 saturated carbocycles. The van der Waals surface area contributed by atoms with E-state index in [2.05, 4.69) is 10.6 Å². The highest BCUT2D eigenvalue weighted by molar-refractivity contribution is 7.89. The first-order valence-electron chi connectivity index (χ1n) is 9.31. The number of carbonyl (C=O) groups is 2. The second kappa shape index (κ2) is 8.88. The van der Waals surface area contributed by atoms with Crippen LogP contribution in [0.2, 0.25) is 0 Å². The predicted molar refractivity (Wildman–Crippen MR) is 106 cm³/mol. The lowest BCUT2D eigenvalue weighted by molar-refractivity contribution is -0.136. The quantitative estimate of drug-likeness (QED) is 0.701. The molecule has 0 spiro atoms. The fourth-order valence-corrected chi connectivity index (χ4v) is 4.93.